The summed E-state index contributed by atoms with van der Waals surface area (Å²) in [5.74, 6) is 0. The monoisotopic (exact) mass is 252 g/mol. The number of nitrogens with zero attached hydrogens (tertiary/aromatic N) is 1. The van der Waals surface area contributed by atoms with Crippen molar-refractivity contribution in [1.29, 1.82) is 0 Å². The van der Waals surface area contributed by atoms with Crippen molar-refractivity contribution in [3.05, 3.63) is 11.1 Å². The Balaban J connectivity index is 1.97. The van der Waals surface area contributed by atoms with E-state index in [9.17, 15) is 13.2 Å². The molecule has 1 unspecified atom stereocenters. The molecule has 16 heavy (non-hydrogen) atoms. The minimum absolute atomic E-state index is 0.0704. The molecule has 0 amide bonds. The highest BCUT2D eigenvalue weighted by Gasteiger charge is 2.33. The molecule has 3 nitrogen and oxygen atoms in total. The zero-order chi connectivity index (χ0) is 11.6. The van der Waals surface area contributed by atoms with Crippen LogP contribution in [0.25, 0.3) is 0 Å². The van der Waals surface area contributed by atoms with Crippen molar-refractivity contribution in [3.8, 4) is 0 Å². The van der Waals surface area contributed by atoms with Gasteiger partial charge >= 0.3 is 6.18 Å². The van der Waals surface area contributed by atoms with E-state index in [1.165, 1.54) is 0 Å². The van der Waals surface area contributed by atoms with Gasteiger partial charge in [-0.2, -0.15) is 13.2 Å². The molecule has 0 saturated carbocycles. The summed E-state index contributed by atoms with van der Waals surface area (Å²) < 4.78 is 42.1. The number of hydrogen-bond donors (Lipinski definition) is 1. The van der Waals surface area contributed by atoms with Gasteiger partial charge in [0.2, 0.25) is 0 Å². The van der Waals surface area contributed by atoms with Crippen LogP contribution in [0.5, 0.6) is 0 Å². The quantitative estimate of drug-likeness (QED) is 0.878. The van der Waals surface area contributed by atoms with E-state index in [1.807, 2.05) is 0 Å². The van der Waals surface area contributed by atoms with Crippen LogP contribution in [0.1, 0.15) is 17.7 Å². The molecule has 0 bridgehead atoms. The van der Waals surface area contributed by atoms with Gasteiger partial charge in [0.25, 0.3) is 0 Å². The lowest BCUT2D eigenvalue weighted by Crippen LogP contribution is -2.29. The molecule has 1 fully saturated rings. The predicted octanol–water partition coefficient (Wildman–Crippen LogP) is 2.75. The van der Waals surface area contributed by atoms with Gasteiger partial charge in [-0.1, -0.05) is 11.3 Å². The van der Waals surface area contributed by atoms with E-state index in [2.05, 4.69) is 10.3 Å². The van der Waals surface area contributed by atoms with Gasteiger partial charge in [-0.25, -0.2) is 4.98 Å². The number of hydrogen-bond acceptors (Lipinski definition) is 4. The van der Waals surface area contributed by atoms with Gasteiger partial charge in [-0.3, -0.25) is 0 Å². The molecular formula is C9H11F3N2OS. The molecular weight excluding hydrogens is 241 g/mol. The fraction of sp³-hybridized carbons (Fsp3) is 0.667. The Kier molecular flexibility index (Phi) is 3.34. The molecule has 0 aromatic carbocycles. The maximum absolute atomic E-state index is 12.3. The third kappa shape index (κ3) is 2.85. The Morgan fingerprint density at radius 3 is 2.88 bits per heavy atom. The molecule has 0 radical (unpaired) electrons. The van der Waals surface area contributed by atoms with Crippen LogP contribution in [0.4, 0.5) is 18.3 Å². The molecule has 2 rings (SSSR count). The molecule has 1 aromatic heterocycles. The highest BCUT2D eigenvalue weighted by atomic mass is 32.1. The SMILES string of the molecule is FC(F)(F)c1cnc(NC2CCCOC2)s1. The molecule has 1 N–H and O–H groups in total. The van der Waals surface area contributed by atoms with E-state index in [-0.39, 0.29) is 6.04 Å². The summed E-state index contributed by atoms with van der Waals surface area (Å²) in [5.41, 5.74) is 0. The first-order chi connectivity index (χ1) is 7.55. The van der Waals surface area contributed by atoms with Crippen molar-refractivity contribution in [1.82, 2.24) is 4.98 Å². The maximum Gasteiger partial charge on any atom is 0.427 e. The largest absolute Gasteiger partial charge is 0.427 e. The molecule has 0 aliphatic carbocycles. The highest BCUT2D eigenvalue weighted by Crippen LogP contribution is 2.35. The van der Waals surface area contributed by atoms with E-state index in [1.54, 1.807) is 0 Å². The molecule has 0 spiro atoms. The zero-order valence-electron chi connectivity index (χ0n) is 8.38. The second-order valence-electron chi connectivity index (χ2n) is 3.59. The Morgan fingerprint density at radius 1 is 1.50 bits per heavy atom. The van der Waals surface area contributed by atoms with Crippen LogP contribution in [-0.2, 0) is 10.9 Å². The standard InChI is InChI=1S/C9H11F3N2OS/c10-9(11,12)7-4-13-8(16-7)14-6-2-1-3-15-5-6/h4,6H,1-3,5H2,(H,13,14). The summed E-state index contributed by atoms with van der Waals surface area (Å²) in [6, 6.07) is 0.0704. The number of rotatable bonds is 2. The molecule has 1 aliphatic rings. The van der Waals surface area contributed by atoms with E-state index >= 15 is 0 Å². The average molecular weight is 252 g/mol. The minimum Gasteiger partial charge on any atom is -0.379 e. The van der Waals surface area contributed by atoms with E-state index < -0.39 is 11.1 Å². The second kappa shape index (κ2) is 4.58. The van der Waals surface area contributed by atoms with Crippen LogP contribution in [0.2, 0.25) is 0 Å². The number of anilines is 1. The van der Waals surface area contributed by atoms with E-state index in [0.717, 1.165) is 25.6 Å². The summed E-state index contributed by atoms with van der Waals surface area (Å²) in [6.45, 7) is 1.25. The number of alkyl halides is 3. The second-order valence-corrected chi connectivity index (χ2v) is 4.62. The Labute approximate surface area is 94.6 Å². The molecule has 1 saturated heterocycles. The summed E-state index contributed by atoms with van der Waals surface area (Å²) in [7, 11) is 0. The highest BCUT2D eigenvalue weighted by molar-refractivity contribution is 7.15. The maximum atomic E-state index is 12.3. The molecule has 1 aliphatic heterocycles. The van der Waals surface area contributed by atoms with E-state index in [4.69, 9.17) is 4.74 Å². The van der Waals surface area contributed by atoms with Gasteiger partial charge in [0, 0.05) is 6.61 Å². The van der Waals surface area contributed by atoms with Crippen LogP contribution in [0, 0.1) is 0 Å². The summed E-state index contributed by atoms with van der Waals surface area (Å²) in [6.07, 6.45) is -1.62. The predicted molar refractivity (Wildman–Crippen MR) is 54.6 cm³/mol. The zero-order valence-corrected chi connectivity index (χ0v) is 9.20. The van der Waals surface area contributed by atoms with Crippen LogP contribution in [-0.4, -0.2) is 24.2 Å². The molecule has 1 aromatic rings. The number of aromatic nitrogens is 1. The van der Waals surface area contributed by atoms with Gasteiger partial charge in [-0.15, -0.1) is 0 Å². The van der Waals surface area contributed by atoms with Crippen LogP contribution in [0.15, 0.2) is 6.20 Å². The molecule has 7 heteroatoms. The first-order valence-corrected chi connectivity index (χ1v) is 5.74. The fourth-order valence-corrected chi connectivity index (χ4v) is 2.26. The molecule has 2 heterocycles. The van der Waals surface area contributed by atoms with Crippen molar-refractivity contribution >= 4 is 16.5 Å². The van der Waals surface area contributed by atoms with Crippen molar-refractivity contribution in [3.63, 3.8) is 0 Å². The Morgan fingerprint density at radius 2 is 2.31 bits per heavy atom. The molecule has 1 atom stereocenters. The normalized spacial score (nSPS) is 22.1. The topological polar surface area (TPSA) is 34.2 Å². The van der Waals surface area contributed by atoms with Gasteiger partial charge < -0.3 is 10.1 Å². The van der Waals surface area contributed by atoms with Crippen molar-refractivity contribution in [2.24, 2.45) is 0 Å². The minimum atomic E-state index is -4.30. The number of thiazole rings is 1. The lowest BCUT2D eigenvalue weighted by Gasteiger charge is -2.22. The summed E-state index contributed by atoms with van der Waals surface area (Å²) >= 11 is 0.631. The lowest BCUT2D eigenvalue weighted by atomic mass is 10.1. The number of nitrogens with one attached hydrogen (secondary N) is 1. The Hall–Kier alpha value is -0.820. The Bertz CT molecular complexity index is 347. The average Bonchev–Trinajstić information content (AvgIpc) is 2.67. The van der Waals surface area contributed by atoms with Gasteiger partial charge in [-0.05, 0) is 12.8 Å². The van der Waals surface area contributed by atoms with Gasteiger partial charge in [0.15, 0.2) is 5.13 Å². The van der Waals surface area contributed by atoms with Crippen molar-refractivity contribution < 1.29 is 17.9 Å². The van der Waals surface area contributed by atoms with E-state index in [0.29, 0.717) is 23.1 Å². The molecule has 90 valence electrons. The van der Waals surface area contributed by atoms with Gasteiger partial charge in [0.1, 0.15) is 4.88 Å². The van der Waals surface area contributed by atoms with Crippen LogP contribution in [0.3, 0.4) is 0 Å². The number of ether oxygens (including phenoxy) is 1. The summed E-state index contributed by atoms with van der Waals surface area (Å²) in [4.78, 5) is 3.03. The van der Waals surface area contributed by atoms with Crippen molar-refractivity contribution in [2.45, 2.75) is 25.1 Å². The lowest BCUT2D eigenvalue weighted by molar-refractivity contribution is -0.134. The fourth-order valence-electron chi connectivity index (χ4n) is 1.50. The third-order valence-corrected chi connectivity index (χ3v) is 3.25. The first-order valence-electron chi connectivity index (χ1n) is 4.93. The summed E-state index contributed by atoms with van der Waals surface area (Å²) in [5, 5.41) is 3.26. The first kappa shape index (κ1) is 11.7. The van der Waals surface area contributed by atoms with Crippen LogP contribution < -0.4 is 5.32 Å². The van der Waals surface area contributed by atoms with Crippen molar-refractivity contribution in [2.75, 3.05) is 18.5 Å². The third-order valence-electron chi connectivity index (χ3n) is 2.27. The number of halogens is 3. The van der Waals surface area contributed by atoms with Gasteiger partial charge in [0.05, 0.1) is 18.8 Å². The van der Waals surface area contributed by atoms with Crippen LogP contribution >= 0.6 is 11.3 Å². The smallest absolute Gasteiger partial charge is 0.379 e.